The third kappa shape index (κ3) is 3.99. The van der Waals surface area contributed by atoms with Crippen LogP contribution in [-0.4, -0.2) is 4.57 Å². The summed E-state index contributed by atoms with van der Waals surface area (Å²) >= 11 is 0. The van der Waals surface area contributed by atoms with Gasteiger partial charge in [0.05, 0.1) is 11.0 Å². The summed E-state index contributed by atoms with van der Waals surface area (Å²) in [6.45, 7) is 0. The van der Waals surface area contributed by atoms with Crippen LogP contribution in [0.5, 0.6) is 0 Å². The van der Waals surface area contributed by atoms with Crippen LogP contribution in [0.25, 0.3) is 115 Å². The third-order valence-electron chi connectivity index (χ3n) is 11.2. The van der Waals surface area contributed by atoms with E-state index in [2.05, 4.69) is 162 Å². The fourth-order valence-corrected chi connectivity index (χ4v) is 8.90. The summed E-state index contributed by atoms with van der Waals surface area (Å²) in [5, 5.41) is 11.7. The predicted molar refractivity (Wildman–Crippen MR) is 221 cm³/mol. The van der Waals surface area contributed by atoms with Crippen molar-refractivity contribution in [1.82, 2.24) is 4.57 Å². The van der Waals surface area contributed by atoms with Crippen LogP contribution in [0.4, 0.5) is 0 Å². The number of benzene rings is 9. The Morgan fingerprint density at radius 2 is 0.736 bits per heavy atom. The molecule has 0 radical (unpaired) electrons. The standard InChI is InChI=1S/C50H29NO2/c1-3-16-38-36(14-1)47(30-21-24-32(25-22-30)51-43-18-8-5-11-33(43)34-12-6-9-19-44(34)51)37-15-2-4-17-39(37)48(38)31-23-28-46-42(29-31)41-27-26-40-35-13-7-10-20-45(35)52-49(40)50(41)53-46/h1-29H. The fraction of sp³-hybridized carbons (Fsp3) is 0. The first kappa shape index (κ1) is 28.6. The summed E-state index contributed by atoms with van der Waals surface area (Å²) in [6, 6.07) is 63.3. The molecular formula is C50H29NO2. The molecule has 9 aromatic carbocycles. The van der Waals surface area contributed by atoms with Crippen molar-refractivity contribution in [3.05, 3.63) is 176 Å². The Bertz CT molecular complexity index is 3340. The van der Waals surface area contributed by atoms with E-state index in [1.165, 1.54) is 60.0 Å². The lowest BCUT2D eigenvalue weighted by Crippen LogP contribution is -1.94. The van der Waals surface area contributed by atoms with Gasteiger partial charge in [-0.25, -0.2) is 0 Å². The highest BCUT2D eigenvalue weighted by Crippen LogP contribution is 2.46. The molecule has 0 atom stereocenters. The first-order valence-electron chi connectivity index (χ1n) is 18.1. The number of fused-ring (bicyclic) bond motifs is 12. The van der Waals surface area contributed by atoms with E-state index in [9.17, 15) is 0 Å². The number of hydrogen-bond donors (Lipinski definition) is 0. The van der Waals surface area contributed by atoms with Gasteiger partial charge in [0.25, 0.3) is 0 Å². The van der Waals surface area contributed by atoms with Gasteiger partial charge in [0.2, 0.25) is 0 Å². The number of nitrogens with zero attached hydrogens (tertiary/aromatic N) is 1. The van der Waals surface area contributed by atoms with E-state index in [0.29, 0.717) is 0 Å². The Labute approximate surface area is 303 Å². The van der Waals surface area contributed by atoms with Gasteiger partial charge in [-0.15, -0.1) is 0 Å². The Kier molecular flexibility index (Phi) is 5.77. The maximum absolute atomic E-state index is 6.53. The van der Waals surface area contributed by atoms with Gasteiger partial charge in [-0.3, -0.25) is 0 Å². The molecule has 0 bridgehead atoms. The maximum Gasteiger partial charge on any atom is 0.178 e. The van der Waals surface area contributed by atoms with Crippen molar-refractivity contribution in [2.24, 2.45) is 0 Å². The minimum absolute atomic E-state index is 0.792. The van der Waals surface area contributed by atoms with Crippen LogP contribution in [0.15, 0.2) is 185 Å². The smallest absolute Gasteiger partial charge is 0.178 e. The molecule has 0 fully saturated rings. The van der Waals surface area contributed by atoms with Gasteiger partial charge in [0.15, 0.2) is 11.2 Å². The lowest BCUT2D eigenvalue weighted by molar-refractivity contribution is 0.633. The topological polar surface area (TPSA) is 31.2 Å². The van der Waals surface area contributed by atoms with Crippen molar-refractivity contribution in [2.75, 3.05) is 0 Å². The molecule has 3 heterocycles. The second kappa shape index (κ2) is 10.7. The largest absolute Gasteiger partial charge is 0.452 e. The van der Waals surface area contributed by atoms with Crippen molar-refractivity contribution >= 4 is 87.2 Å². The van der Waals surface area contributed by atoms with Gasteiger partial charge in [0, 0.05) is 38.0 Å². The van der Waals surface area contributed by atoms with E-state index >= 15 is 0 Å². The summed E-state index contributed by atoms with van der Waals surface area (Å²) in [6.07, 6.45) is 0. The Morgan fingerprint density at radius 1 is 0.302 bits per heavy atom. The molecule has 246 valence electrons. The number of para-hydroxylation sites is 3. The van der Waals surface area contributed by atoms with Gasteiger partial charge in [0.1, 0.15) is 11.2 Å². The minimum Gasteiger partial charge on any atom is -0.452 e. The number of rotatable bonds is 3. The second-order valence-electron chi connectivity index (χ2n) is 14.0. The number of furan rings is 2. The zero-order chi connectivity index (χ0) is 34.6. The van der Waals surface area contributed by atoms with Gasteiger partial charge in [-0.1, -0.05) is 121 Å². The molecule has 3 aromatic heterocycles. The molecule has 3 heteroatoms. The van der Waals surface area contributed by atoms with E-state index in [-0.39, 0.29) is 0 Å². The summed E-state index contributed by atoms with van der Waals surface area (Å²) in [4.78, 5) is 0. The monoisotopic (exact) mass is 675 g/mol. The predicted octanol–water partition coefficient (Wildman–Crippen LogP) is 14.2. The third-order valence-corrected chi connectivity index (χ3v) is 11.2. The normalized spacial score (nSPS) is 12.2. The first-order chi connectivity index (χ1) is 26.3. The highest BCUT2D eigenvalue weighted by Gasteiger charge is 2.20. The van der Waals surface area contributed by atoms with E-state index in [0.717, 1.165) is 55.1 Å². The molecule has 0 unspecified atom stereocenters. The molecule has 12 rings (SSSR count). The molecule has 0 spiro atoms. The minimum atomic E-state index is 0.792. The quantitative estimate of drug-likeness (QED) is 0.175. The molecule has 3 nitrogen and oxygen atoms in total. The average molecular weight is 676 g/mol. The van der Waals surface area contributed by atoms with Gasteiger partial charge in [-0.2, -0.15) is 0 Å². The summed E-state index contributed by atoms with van der Waals surface area (Å²) in [7, 11) is 0. The second-order valence-corrected chi connectivity index (χ2v) is 14.0. The Morgan fingerprint density at radius 3 is 1.32 bits per heavy atom. The zero-order valence-electron chi connectivity index (χ0n) is 28.5. The van der Waals surface area contributed by atoms with Crippen LogP contribution >= 0.6 is 0 Å². The Balaban J connectivity index is 1.06. The van der Waals surface area contributed by atoms with E-state index in [1.54, 1.807) is 0 Å². The van der Waals surface area contributed by atoms with Crippen molar-refractivity contribution in [3.63, 3.8) is 0 Å². The van der Waals surface area contributed by atoms with Gasteiger partial charge >= 0.3 is 0 Å². The summed E-state index contributed by atoms with van der Waals surface area (Å²) < 4.78 is 15.3. The SMILES string of the molecule is c1ccc2c(c1)oc1c2ccc2c3cc(-c4c5ccccc5c(-c5ccc(-n6c7ccccc7c7ccccc76)cc5)c5ccccc45)ccc3oc21. The first-order valence-corrected chi connectivity index (χ1v) is 18.1. The van der Waals surface area contributed by atoms with Crippen molar-refractivity contribution in [3.8, 4) is 27.9 Å². The molecular weight excluding hydrogens is 647 g/mol. The van der Waals surface area contributed by atoms with Crippen molar-refractivity contribution in [1.29, 1.82) is 0 Å². The van der Waals surface area contributed by atoms with E-state index < -0.39 is 0 Å². The molecule has 0 amide bonds. The van der Waals surface area contributed by atoms with E-state index in [1.807, 2.05) is 18.2 Å². The lowest BCUT2D eigenvalue weighted by atomic mass is 9.85. The molecule has 0 N–H and O–H groups in total. The average Bonchev–Trinajstić information content (AvgIpc) is 3.89. The zero-order valence-corrected chi connectivity index (χ0v) is 28.5. The van der Waals surface area contributed by atoms with Crippen molar-refractivity contribution in [2.45, 2.75) is 0 Å². The van der Waals surface area contributed by atoms with Gasteiger partial charge in [-0.05, 0) is 98.4 Å². The fourth-order valence-electron chi connectivity index (χ4n) is 8.90. The molecule has 0 saturated carbocycles. The van der Waals surface area contributed by atoms with Gasteiger partial charge < -0.3 is 13.4 Å². The van der Waals surface area contributed by atoms with Crippen LogP contribution in [-0.2, 0) is 0 Å². The lowest BCUT2D eigenvalue weighted by Gasteiger charge is -2.18. The van der Waals surface area contributed by atoms with Crippen LogP contribution in [0.2, 0.25) is 0 Å². The maximum atomic E-state index is 6.53. The molecule has 12 aromatic rings. The van der Waals surface area contributed by atoms with Crippen LogP contribution in [0, 0.1) is 0 Å². The number of aromatic nitrogens is 1. The summed E-state index contributed by atoms with van der Waals surface area (Å²) in [5.74, 6) is 0. The number of hydrogen-bond acceptors (Lipinski definition) is 2. The van der Waals surface area contributed by atoms with Crippen LogP contribution in [0.1, 0.15) is 0 Å². The molecule has 53 heavy (non-hydrogen) atoms. The van der Waals surface area contributed by atoms with Crippen LogP contribution < -0.4 is 0 Å². The Hall–Kier alpha value is -7.10. The summed E-state index contributed by atoms with van der Waals surface area (Å²) in [5.41, 5.74) is 11.7. The molecule has 0 aliphatic rings. The highest BCUT2D eigenvalue weighted by atomic mass is 16.4. The molecule has 0 aliphatic heterocycles. The molecule has 0 aliphatic carbocycles. The van der Waals surface area contributed by atoms with Crippen molar-refractivity contribution < 1.29 is 8.83 Å². The van der Waals surface area contributed by atoms with E-state index in [4.69, 9.17) is 8.83 Å². The van der Waals surface area contributed by atoms with Crippen LogP contribution in [0.3, 0.4) is 0 Å². The highest BCUT2D eigenvalue weighted by molar-refractivity contribution is 6.23. The molecule has 0 saturated heterocycles.